The number of carboxylic acids is 1. The molecule has 0 aromatic carbocycles. The van der Waals surface area contributed by atoms with Crippen molar-refractivity contribution in [1.29, 1.82) is 0 Å². The lowest BCUT2D eigenvalue weighted by molar-refractivity contribution is -0.152. The van der Waals surface area contributed by atoms with Gasteiger partial charge < -0.3 is 14.9 Å². The highest BCUT2D eigenvalue weighted by Crippen LogP contribution is 2.39. The van der Waals surface area contributed by atoms with E-state index in [9.17, 15) is 15.0 Å². The lowest BCUT2D eigenvalue weighted by atomic mass is 9.76. The van der Waals surface area contributed by atoms with Crippen molar-refractivity contribution < 1.29 is 19.7 Å². The Hall–Kier alpha value is -0.610. The van der Waals surface area contributed by atoms with Crippen LogP contribution in [0, 0.1) is 5.41 Å². The van der Waals surface area contributed by atoms with Crippen LogP contribution in [-0.4, -0.2) is 35.5 Å². The Morgan fingerprint density at radius 1 is 1.26 bits per heavy atom. The van der Waals surface area contributed by atoms with E-state index in [1.54, 1.807) is 0 Å². The Labute approximate surface area is 116 Å². The van der Waals surface area contributed by atoms with Crippen molar-refractivity contribution in [2.75, 3.05) is 13.2 Å². The molecular weight excluding hydrogens is 244 g/mol. The van der Waals surface area contributed by atoms with Crippen molar-refractivity contribution in [3.8, 4) is 0 Å². The standard InChI is InChI=1S/C15H28O4/c1-2-3-10-19-12-13(16)11-15(14(17)18)8-6-4-5-7-9-15/h13,16H,2-12H2,1H3,(H,17,18). The number of aliphatic hydroxyl groups is 1. The zero-order valence-electron chi connectivity index (χ0n) is 12.1. The molecule has 1 saturated carbocycles. The van der Waals surface area contributed by atoms with Gasteiger partial charge in [0.05, 0.1) is 18.1 Å². The molecule has 1 atom stereocenters. The van der Waals surface area contributed by atoms with Crippen LogP contribution >= 0.6 is 0 Å². The first-order chi connectivity index (χ1) is 9.10. The molecule has 0 radical (unpaired) electrons. The van der Waals surface area contributed by atoms with E-state index in [4.69, 9.17) is 4.74 Å². The summed E-state index contributed by atoms with van der Waals surface area (Å²) < 4.78 is 5.39. The third-order valence-corrected chi connectivity index (χ3v) is 4.09. The topological polar surface area (TPSA) is 66.8 Å². The van der Waals surface area contributed by atoms with Crippen LogP contribution in [0.4, 0.5) is 0 Å². The quantitative estimate of drug-likeness (QED) is 0.526. The van der Waals surface area contributed by atoms with Gasteiger partial charge in [-0.1, -0.05) is 39.0 Å². The van der Waals surface area contributed by atoms with Gasteiger partial charge >= 0.3 is 5.97 Å². The average Bonchev–Trinajstić information content (AvgIpc) is 2.61. The largest absolute Gasteiger partial charge is 0.481 e. The van der Waals surface area contributed by atoms with Crippen molar-refractivity contribution >= 4 is 5.97 Å². The molecule has 4 nitrogen and oxygen atoms in total. The van der Waals surface area contributed by atoms with Crippen LogP contribution in [0.2, 0.25) is 0 Å². The van der Waals surface area contributed by atoms with Crippen LogP contribution in [0.5, 0.6) is 0 Å². The van der Waals surface area contributed by atoms with Gasteiger partial charge in [-0.2, -0.15) is 0 Å². The summed E-state index contributed by atoms with van der Waals surface area (Å²) in [4.78, 5) is 11.6. The van der Waals surface area contributed by atoms with E-state index in [0.29, 0.717) is 25.9 Å². The molecule has 1 unspecified atom stereocenters. The molecule has 1 rings (SSSR count). The fraction of sp³-hybridized carbons (Fsp3) is 0.933. The summed E-state index contributed by atoms with van der Waals surface area (Å²) in [6, 6.07) is 0. The maximum atomic E-state index is 11.6. The van der Waals surface area contributed by atoms with Crippen LogP contribution in [0.1, 0.15) is 64.7 Å². The molecule has 0 amide bonds. The number of unbranched alkanes of at least 4 members (excludes halogenated alkanes) is 1. The minimum atomic E-state index is -0.748. The van der Waals surface area contributed by atoms with E-state index in [-0.39, 0.29) is 6.61 Å². The normalized spacial score (nSPS) is 20.7. The third-order valence-electron chi connectivity index (χ3n) is 4.09. The molecule has 0 aliphatic heterocycles. The molecule has 1 aliphatic rings. The predicted octanol–water partition coefficient (Wildman–Crippen LogP) is 2.98. The molecule has 0 heterocycles. The van der Waals surface area contributed by atoms with Gasteiger partial charge in [0.25, 0.3) is 0 Å². The third kappa shape index (κ3) is 5.49. The van der Waals surface area contributed by atoms with Crippen molar-refractivity contribution in [3.63, 3.8) is 0 Å². The minimum Gasteiger partial charge on any atom is -0.481 e. The lowest BCUT2D eigenvalue weighted by Gasteiger charge is -2.30. The number of carboxylic acid groups (broad SMARTS) is 1. The Balaban J connectivity index is 2.45. The van der Waals surface area contributed by atoms with E-state index in [1.807, 2.05) is 0 Å². The van der Waals surface area contributed by atoms with E-state index in [0.717, 1.165) is 38.5 Å². The minimum absolute atomic E-state index is 0.259. The van der Waals surface area contributed by atoms with Crippen molar-refractivity contribution in [3.05, 3.63) is 0 Å². The van der Waals surface area contributed by atoms with Crippen LogP contribution in [0.25, 0.3) is 0 Å². The van der Waals surface area contributed by atoms with Crippen molar-refractivity contribution in [2.45, 2.75) is 70.8 Å². The van der Waals surface area contributed by atoms with E-state index < -0.39 is 17.5 Å². The van der Waals surface area contributed by atoms with Crippen LogP contribution < -0.4 is 0 Å². The highest BCUT2D eigenvalue weighted by atomic mass is 16.5. The maximum Gasteiger partial charge on any atom is 0.309 e. The molecule has 0 spiro atoms. The molecule has 19 heavy (non-hydrogen) atoms. The number of aliphatic carboxylic acids is 1. The molecule has 0 aromatic heterocycles. The fourth-order valence-corrected chi connectivity index (χ4v) is 2.89. The number of hydrogen-bond donors (Lipinski definition) is 2. The molecular formula is C15H28O4. The Morgan fingerprint density at radius 2 is 1.89 bits per heavy atom. The second-order valence-electron chi connectivity index (χ2n) is 5.79. The van der Waals surface area contributed by atoms with Gasteiger partial charge in [-0.05, 0) is 25.7 Å². The van der Waals surface area contributed by atoms with E-state index in [1.165, 1.54) is 0 Å². The first kappa shape index (κ1) is 16.4. The van der Waals surface area contributed by atoms with Gasteiger partial charge in [0.15, 0.2) is 0 Å². The van der Waals surface area contributed by atoms with Crippen LogP contribution in [0.3, 0.4) is 0 Å². The lowest BCUT2D eigenvalue weighted by Crippen LogP contribution is -2.36. The van der Waals surface area contributed by atoms with Crippen molar-refractivity contribution in [1.82, 2.24) is 0 Å². The average molecular weight is 272 g/mol. The predicted molar refractivity (Wildman–Crippen MR) is 74.1 cm³/mol. The summed E-state index contributed by atoms with van der Waals surface area (Å²) in [6.45, 7) is 2.99. The first-order valence-electron chi connectivity index (χ1n) is 7.60. The molecule has 0 aromatic rings. The molecule has 0 saturated heterocycles. The molecule has 2 N–H and O–H groups in total. The van der Waals surface area contributed by atoms with Gasteiger partial charge in [-0.25, -0.2) is 0 Å². The molecule has 1 aliphatic carbocycles. The fourth-order valence-electron chi connectivity index (χ4n) is 2.89. The molecule has 1 fully saturated rings. The Bertz CT molecular complexity index is 257. The second kappa shape index (κ2) is 8.54. The summed E-state index contributed by atoms with van der Waals surface area (Å²) >= 11 is 0. The Kier molecular flexibility index (Phi) is 7.39. The van der Waals surface area contributed by atoms with E-state index >= 15 is 0 Å². The highest BCUT2D eigenvalue weighted by Gasteiger charge is 2.40. The van der Waals surface area contributed by atoms with Gasteiger partial charge in [0.2, 0.25) is 0 Å². The summed E-state index contributed by atoms with van der Waals surface area (Å²) in [6.07, 6.45) is 7.22. The Morgan fingerprint density at radius 3 is 2.42 bits per heavy atom. The number of ether oxygens (including phenoxy) is 1. The maximum absolute atomic E-state index is 11.6. The molecule has 0 bridgehead atoms. The molecule has 112 valence electrons. The molecule has 4 heteroatoms. The van der Waals surface area contributed by atoms with Gasteiger partial charge in [-0.3, -0.25) is 4.79 Å². The first-order valence-corrected chi connectivity index (χ1v) is 7.60. The van der Waals surface area contributed by atoms with Crippen LogP contribution in [-0.2, 0) is 9.53 Å². The number of carbonyl (C=O) groups is 1. The second-order valence-corrected chi connectivity index (χ2v) is 5.79. The zero-order valence-corrected chi connectivity index (χ0v) is 12.1. The van der Waals surface area contributed by atoms with Gasteiger partial charge in [0.1, 0.15) is 0 Å². The van der Waals surface area contributed by atoms with E-state index in [2.05, 4.69) is 6.92 Å². The highest BCUT2D eigenvalue weighted by molar-refractivity contribution is 5.74. The summed E-state index contributed by atoms with van der Waals surface area (Å²) in [5.41, 5.74) is -0.732. The number of rotatable bonds is 8. The zero-order chi connectivity index (χ0) is 14.1. The summed E-state index contributed by atoms with van der Waals surface area (Å²) in [5, 5.41) is 19.5. The number of hydrogen-bond acceptors (Lipinski definition) is 3. The van der Waals surface area contributed by atoms with Crippen molar-refractivity contribution in [2.24, 2.45) is 5.41 Å². The SMILES string of the molecule is CCCCOCC(O)CC1(C(=O)O)CCCCCC1. The monoisotopic (exact) mass is 272 g/mol. The van der Waals surface area contributed by atoms with Crippen LogP contribution in [0.15, 0.2) is 0 Å². The smallest absolute Gasteiger partial charge is 0.309 e. The number of aliphatic hydroxyl groups excluding tert-OH is 1. The summed E-state index contributed by atoms with van der Waals surface area (Å²) in [7, 11) is 0. The van der Waals surface area contributed by atoms with Gasteiger partial charge in [-0.15, -0.1) is 0 Å². The van der Waals surface area contributed by atoms with Gasteiger partial charge in [0, 0.05) is 6.61 Å². The summed E-state index contributed by atoms with van der Waals surface area (Å²) in [5.74, 6) is -0.748.